The summed E-state index contributed by atoms with van der Waals surface area (Å²) in [6.07, 6.45) is 7.69. The average molecular weight is 447 g/mol. The van der Waals surface area contributed by atoms with Crippen LogP contribution in [0.1, 0.15) is 36.1 Å². The molecule has 5 rings (SSSR count). The number of halogens is 1. The van der Waals surface area contributed by atoms with Crippen LogP contribution in [-0.2, 0) is 22.9 Å². The van der Waals surface area contributed by atoms with Crippen LogP contribution in [0.2, 0.25) is 0 Å². The van der Waals surface area contributed by atoms with Crippen molar-refractivity contribution in [1.29, 1.82) is 0 Å². The monoisotopic (exact) mass is 446 g/mol. The number of hydrogen-bond acceptors (Lipinski definition) is 6. The number of fused-ring (bicyclic) bond motifs is 3. The molecule has 0 unspecified atom stereocenters. The normalized spacial score (nSPS) is 18.0. The number of aryl methyl sites for hydroxylation is 2. The zero-order valence-electron chi connectivity index (χ0n) is 16.5. The van der Waals surface area contributed by atoms with Crippen molar-refractivity contribution in [2.24, 2.45) is 0 Å². The number of nitrogens with one attached hydrogen (secondary N) is 1. The third-order valence-corrected chi connectivity index (χ3v) is 8.71. The van der Waals surface area contributed by atoms with Crippen molar-refractivity contribution in [1.82, 2.24) is 14.7 Å². The van der Waals surface area contributed by atoms with Gasteiger partial charge < -0.3 is 4.90 Å². The van der Waals surface area contributed by atoms with E-state index in [9.17, 15) is 12.8 Å². The highest BCUT2D eigenvalue weighted by Crippen LogP contribution is 2.39. The zero-order valence-corrected chi connectivity index (χ0v) is 18.1. The predicted octanol–water partition coefficient (Wildman–Crippen LogP) is 3.66. The van der Waals surface area contributed by atoms with Crippen LogP contribution in [-0.4, -0.2) is 37.5 Å². The first-order valence-corrected chi connectivity index (χ1v) is 12.6. The number of aromatic nitrogens is 2. The largest absolute Gasteiger partial charge is 0.356 e. The van der Waals surface area contributed by atoms with E-state index in [1.165, 1.54) is 52.9 Å². The summed E-state index contributed by atoms with van der Waals surface area (Å²) < 4.78 is 41.1. The molecule has 158 valence electrons. The molecule has 2 aromatic heterocycles. The Labute approximate surface area is 179 Å². The third-order valence-electron chi connectivity index (χ3n) is 5.97. The Morgan fingerprint density at radius 3 is 2.57 bits per heavy atom. The first-order chi connectivity index (χ1) is 14.5. The molecule has 0 saturated carbocycles. The molecule has 1 aliphatic carbocycles. The molecule has 1 fully saturated rings. The summed E-state index contributed by atoms with van der Waals surface area (Å²) in [4.78, 5) is 14.0. The minimum atomic E-state index is -3.66. The Hall–Kier alpha value is -2.10. The van der Waals surface area contributed by atoms with Crippen molar-refractivity contribution in [3.63, 3.8) is 0 Å². The van der Waals surface area contributed by atoms with Gasteiger partial charge in [0.05, 0.1) is 10.3 Å². The second-order valence-corrected chi connectivity index (χ2v) is 10.7. The van der Waals surface area contributed by atoms with Crippen molar-refractivity contribution >= 4 is 37.4 Å². The van der Waals surface area contributed by atoms with Crippen LogP contribution in [0.3, 0.4) is 0 Å². The predicted molar refractivity (Wildman–Crippen MR) is 116 cm³/mol. The van der Waals surface area contributed by atoms with Crippen molar-refractivity contribution in [3.05, 3.63) is 46.9 Å². The van der Waals surface area contributed by atoms with Gasteiger partial charge in [-0.25, -0.2) is 27.5 Å². The quantitative estimate of drug-likeness (QED) is 0.662. The standard InChI is InChI=1S/C21H23FN4O2S2/c22-14-5-7-16(8-6-14)30(27,28)25-15-9-11-26(12-10-15)20-19-17-3-1-2-4-18(17)29-21(19)24-13-23-20/h5-8,13,15,25H,1-4,9-12H2. The van der Waals surface area contributed by atoms with E-state index in [0.29, 0.717) is 12.8 Å². The van der Waals surface area contributed by atoms with Gasteiger partial charge in [-0.2, -0.15) is 0 Å². The first kappa shape index (κ1) is 19.8. The van der Waals surface area contributed by atoms with Gasteiger partial charge in [0.15, 0.2) is 0 Å². The van der Waals surface area contributed by atoms with Gasteiger partial charge in [0, 0.05) is 24.0 Å². The lowest BCUT2D eigenvalue weighted by atomic mass is 9.96. The van der Waals surface area contributed by atoms with Crippen LogP contribution in [0.25, 0.3) is 10.2 Å². The van der Waals surface area contributed by atoms with Crippen LogP contribution in [0.15, 0.2) is 35.5 Å². The molecule has 1 saturated heterocycles. The van der Waals surface area contributed by atoms with Crippen LogP contribution in [0.5, 0.6) is 0 Å². The Morgan fingerprint density at radius 2 is 1.80 bits per heavy atom. The lowest BCUT2D eigenvalue weighted by Gasteiger charge is -2.33. The highest BCUT2D eigenvalue weighted by atomic mass is 32.2. The summed E-state index contributed by atoms with van der Waals surface area (Å²) in [6.45, 7) is 1.46. The molecular formula is C21H23FN4O2S2. The fourth-order valence-electron chi connectivity index (χ4n) is 4.42. The maximum absolute atomic E-state index is 13.1. The van der Waals surface area contributed by atoms with Crippen molar-refractivity contribution in [2.75, 3.05) is 18.0 Å². The number of nitrogens with zero attached hydrogens (tertiary/aromatic N) is 3. The minimum Gasteiger partial charge on any atom is -0.356 e. The molecule has 3 heterocycles. The molecule has 6 nitrogen and oxygen atoms in total. The highest BCUT2D eigenvalue weighted by molar-refractivity contribution is 7.89. The Kier molecular flexibility index (Phi) is 5.20. The molecule has 2 aliphatic rings. The number of hydrogen-bond donors (Lipinski definition) is 1. The first-order valence-electron chi connectivity index (χ1n) is 10.3. The molecule has 1 aromatic carbocycles. The second-order valence-electron chi connectivity index (χ2n) is 7.92. The van der Waals surface area contributed by atoms with Crippen molar-refractivity contribution in [3.8, 4) is 0 Å². The van der Waals surface area contributed by atoms with Gasteiger partial charge in [-0.3, -0.25) is 0 Å². The lowest BCUT2D eigenvalue weighted by Crippen LogP contribution is -2.45. The second kappa shape index (κ2) is 7.86. The molecule has 0 atom stereocenters. The van der Waals surface area contributed by atoms with E-state index in [4.69, 9.17) is 0 Å². The van der Waals surface area contributed by atoms with E-state index in [-0.39, 0.29) is 10.9 Å². The summed E-state index contributed by atoms with van der Waals surface area (Å²) in [5, 5.41) is 1.20. The number of piperidine rings is 1. The molecular weight excluding hydrogens is 423 g/mol. The van der Waals surface area contributed by atoms with Crippen LogP contribution >= 0.6 is 11.3 Å². The number of rotatable bonds is 4. The van der Waals surface area contributed by atoms with Crippen LogP contribution in [0.4, 0.5) is 10.2 Å². The lowest BCUT2D eigenvalue weighted by molar-refractivity contribution is 0.459. The summed E-state index contributed by atoms with van der Waals surface area (Å²) in [6, 6.07) is 4.77. The number of thiophene rings is 1. The summed E-state index contributed by atoms with van der Waals surface area (Å²) in [5.41, 5.74) is 1.41. The fourth-order valence-corrected chi connectivity index (χ4v) is 6.95. The summed E-state index contributed by atoms with van der Waals surface area (Å²) >= 11 is 1.79. The van der Waals surface area contributed by atoms with E-state index < -0.39 is 15.8 Å². The van der Waals surface area contributed by atoms with Gasteiger partial charge in [-0.05, 0) is 68.4 Å². The zero-order chi connectivity index (χ0) is 20.7. The van der Waals surface area contributed by atoms with Crippen LogP contribution < -0.4 is 9.62 Å². The van der Waals surface area contributed by atoms with Crippen molar-refractivity contribution in [2.45, 2.75) is 49.5 Å². The Morgan fingerprint density at radius 1 is 1.07 bits per heavy atom. The van der Waals surface area contributed by atoms with Gasteiger partial charge in [0.25, 0.3) is 0 Å². The number of anilines is 1. The molecule has 1 N–H and O–H groups in total. The molecule has 1 aliphatic heterocycles. The van der Waals surface area contributed by atoms with Gasteiger partial charge in [-0.1, -0.05) is 0 Å². The van der Waals surface area contributed by atoms with E-state index in [1.807, 2.05) is 0 Å². The minimum absolute atomic E-state index is 0.0914. The van der Waals surface area contributed by atoms with E-state index in [2.05, 4.69) is 19.6 Å². The molecule has 9 heteroatoms. The molecule has 3 aromatic rings. The molecule has 0 spiro atoms. The van der Waals surface area contributed by atoms with Gasteiger partial charge in [0.1, 0.15) is 22.8 Å². The summed E-state index contributed by atoms with van der Waals surface area (Å²) in [5.74, 6) is 0.535. The Bertz CT molecular complexity index is 1170. The molecule has 0 radical (unpaired) electrons. The van der Waals surface area contributed by atoms with E-state index in [1.54, 1.807) is 17.7 Å². The van der Waals surface area contributed by atoms with Gasteiger partial charge in [0.2, 0.25) is 10.0 Å². The Balaban J connectivity index is 1.32. The fraction of sp³-hybridized carbons (Fsp3) is 0.429. The van der Waals surface area contributed by atoms with Crippen LogP contribution in [0, 0.1) is 5.82 Å². The number of benzene rings is 1. The van der Waals surface area contributed by atoms with E-state index >= 15 is 0 Å². The maximum Gasteiger partial charge on any atom is 0.240 e. The topological polar surface area (TPSA) is 75.2 Å². The maximum atomic E-state index is 13.1. The van der Waals surface area contributed by atoms with Gasteiger partial charge in [-0.15, -0.1) is 11.3 Å². The van der Waals surface area contributed by atoms with Crippen molar-refractivity contribution < 1.29 is 12.8 Å². The van der Waals surface area contributed by atoms with Gasteiger partial charge >= 0.3 is 0 Å². The van der Waals surface area contributed by atoms with E-state index in [0.717, 1.165) is 36.6 Å². The smallest absolute Gasteiger partial charge is 0.240 e. The molecule has 30 heavy (non-hydrogen) atoms. The summed E-state index contributed by atoms with van der Waals surface area (Å²) in [7, 11) is -3.66. The SMILES string of the molecule is O=S(=O)(NC1CCN(c2ncnc3sc4c(c23)CCCC4)CC1)c1ccc(F)cc1. The third kappa shape index (κ3) is 3.70. The molecule has 0 amide bonds. The molecule has 0 bridgehead atoms. The number of sulfonamides is 1. The average Bonchev–Trinajstić information content (AvgIpc) is 3.13. The highest BCUT2D eigenvalue weighted by Gasteiger charge is 2.28.